The quantitative estimate of drug-likeness (QED) is 0.833. The molecule has 1 aromatic heterocycles. The first-order valence-corrected chi connectivity index (χ1v) is 8.89. The molecule has 1 amide bonds. The molecule has 0 N–H and O–H groups in total. The maximum absolute atomic E-state index is 12.4. The standard InChI is InChI=1S/C17H19ClN2OS/c1-12-4-2-3-9-20(12)16(21)10-15-11-22-17(19-15)13-5-7-14(18)8-6-13/h5-8,11-12H,2-4,9-10H2,1H3. The van der Waals surface area contributed by atoms with E-state index in [9.17, 15) is 4.79 Å². The molecule has 1 fully saturated rings. The number of carbonyl (C=O) groups excluding carboxylic acids is 1. The maximum atomic E-state index is 12.4. The fraction of sp³-hybridized carbons (Fsp3) is 0.412. The zero-order valence-electron chi connectivity index (χ0n) is 12.6. The molecule has 22 heavy (non-hydrogen) atoms. The summed E-state index contributed by atoms with van der Waals surface area (Å²) in [5.41, 5.74) is 1.90. The second-order valence-electron chi connectivity index (χ2n) is 5.76. The van der Waals surface area contributed by atoms with Crippen molar-refractivity contribution in [2.75, 3.05) is 6.54 Å². The molecule has 3 rings (SSSR count). The SMILES string of the molecule is CC1CCCCN1C(=O)Cc1csc(-c2ccc(Cl)cc2)n1. The van der Waals surface area contributed by atoms with Crippen LogP contribution < -0.4 is 0 Å². The Labute approximate surface area is 139 Å². The molecular formula is C17H19ClN2OS. The fourth-order valence-corrected chi connectivity index (χ4v) is 3.79. The Balaban J connectivity index is 1.68. The number of aromatic nitrogens is 1. The highest BCUT2D eigenvalue weighted by molar-refractivity contribution is 7.13. The molecule has 1 aliphatic heterocycles. The van der Waals surface area contributed by atoms with Gasteiger partial charge in [0.05, 0.1) is 12.1 Å². The van der Waals surface area contributed by atoms with Gasteiger partial charge in [-0.3, -0.25) is 4.79 Å². The Morgan fingerprint density at radius 2 is 2.14 bits per heavy atom. The normalized spacial score (nSPS) is 18.5. The monoisotopic (exact) mass is 334 g/mol. The molecule has 116 valence electrons. The van der Waals surface area contributed by atoms with Crippen LogP contribution in [-0.4, -0.2) is 28.4 Å². The molecule has 2 aromatic rings. The topological polar surface area (TPSA) is 33.2 Å². The van der Waals surface area contributed by atoms with Gasteiger partial charge in [-0.05, 0) is 38.3 Å². The van der Waals surface area contributed by atoms with E-state index in [4.69, 9.17) is 11.6 Å². The van der Waals surface area contributed by atoms with Gasteiger partial charge in [-0.15, -0.1) is 11.3 Å². The zero-order valence-corrected chi connectivity index (χ0v) is 14.2. The lowest BCUT2D eigenvalue weighted by molar-refractivity contribution is -0.133. The zero-order chi connectivity index (χ0) is 15.5. The minimum atomic E-state index is 0.195. The minimum absolute atomic E-state index is 0.195. The Morgan fingerprint density at radius 1 is 1.36 bits per heavy atom. The molecule has 0 spiro atoms. The molecule has 1 saturated heterocycles. The first-order chi connectivity index (χ1) is 10.6. The van der Waals surface area contributed by atoms with E-state index in [0.29, 0.717) is 12.5 Å². The van der Waals surface area contributed by atoms with Crippen LogP contribution in [0, 0.1) is 0 Å². The van der Waals surface area contributed by atoms with Crippen molar-refractivity contribution in [3.63, 3.8) is 0 Å². The first kappa shape index (κ1) is 15.5. The average molecular weight is 335 g/mol. The van der Waals surface area contributed by atoms with E-state index in [2.05, 4.69) is 11.9 Å². The number of rotatable bonds is 3. The molecule has 1 unspecified atom stereocenters. The summed E-state index contributed by atoms with van der Waals surface area (Å²) in [6.45, 7) is 3.02. The third kappa shape index (κ3) is 3.50. The van der Waals surface area contributed by atoms with Crippen molar-refractivity contribution in [2.24, 2.45) is 0 Å². The van der Waals surface area contributed by atoms with Crippen molar-refractivity contribution >= 4 is 28.8 Å². The van der Waals surface area contributed by atoms with Crippen LogP contribution in [0.3, 0.4) is 0 Å². The molecule has 1 atom stereocenters. The van der Waals surface area contributed by atoms with Gasteiger partial charge in [0.25, 0.3) is 0 Å². The Kier molecular flexibility index (Phi) is 4.79. The van der Waals surface area contributed by atoms with Gasteiger partial charge in [0.1, 0.15) is 5.01 Å². The van der Waals surface area contributed by atoms with Gasteiger partial charge >= 0.3 is 0 Å². The largest absolute Gasteiger partial charge is 0.340 e. The molecule has 1 aromatic carbocycles. The predicted molar refractivity (Wildman–Crippen MR) is 91.3 cm³/mol. The van der Waals surface area contributed by atoms with E-state index < -0.39 is 0 Å². The summed E-state index contributed by atoms with van der Waals surface area (Å²) >= 11 is 7.48. The van der Waals surface area contributed by atoms with Crippen molar-refractivity contribution < 1.29 is 4.79 Å². The average Bonchev–Trinajstić information content (AvgIpc) is 2.97. The number of hydrogen-bond acceptors (Lipinski definition) is 3. The van der Waals surface area contributed by atoms with Gasteiger partial charge in [-0.2, -0.15) is 0 Å². The summed E-state index contributed by atoms with van der Waals surface area (Å²) in [6.07, 6.45) is 3.85. The van der Waals surface area contributed by atoms with Crippen LogP contribution in [-0.2, 0) is 11.2 Å². The van der Waals surface area contributed by atoms with E-state index in [1.807, 2.05) is 34.5 Å². The van der Waals surface area contributed by atoms with Crippen LogP contribution in [0.25, 0.3) is 10.6 Å². The lowest BCUT2D eigenvalue weighted by atomic mass is 10.0. The van der Waals surface area contributed by atoms with E-state index in [-0.39, 0.29) is 5.91 Å². The van der Waals surface area contributed by atoms with Gasteiger partial charge < -0.3 is 4.90 Å². The highest BCUT2D eigenvalue weighted by atomic mass is 35.5. The Bertz CT molecular complexity index is 653. The van der Waals surface area contributed by atoms with E-state index in [1.54, 1.807) is 11.3 Å². The number of carbonyl (C=O) groups is 1. The van der Waals surface area contributed by atoms with Crippen molar-refractivity contribution in [1.29, 1.82) is 0 Å². The fourth-order valence-electron chi connectivity index (χ4n) is 2.84. The summed E-state index contributed by atoms with van der Waals surface area (Å²) in [6, 6.07) is 7.99. The number of piperidine rings is 1. The van der Waals surface area contributed by atoms with Gasteiger partial charge in [-0.1, -0.05) is 23.7 Å². The van der Waals surface area contributed by atoms with Crippen LogP contribution in [0.4, 0.5) is 0 Å². The molecule has 0 saturated carbocycles. The molecule has 0 radical (unpaired) electrons. The number of benzene rings is 1. The van der Waals surface area contributed by atoms with Gasteiger partial charge in [0, 0.05) is 28.6 Å². The van der Waals surface area contributed by atoms with Crippen molar-refractivity contribution in [3.8, 4) is 10.6 Å². The second kappa shape index (κ2) is 6.80. The molecular weight excluding hydrogens is 316 g/mol. The smallest absolute Gasteiger partial charge is 0.228 e. The van der Waals surface area contributed by atoms with Crippen molar-refractivity contribution in [2.45, 2.75) is 38.6 Å². The van der Waals surface area contributed by atoms with E-state index in [0.717, 1.165) is 40.7 Å². The highest BCUT2D eigenvalue weighted by Gasteiger charge is 2.23. The number of hydrogen-bond donors (Lipinski definition) is 0. The lowest BCUT2D eigenvalue weighted by Crippen LogP contribution is -2.42. The van der Waals surface area contributed by atoms with Gasteiger partial charge in [-0.25, -0.2) is 4.98 Å². The number of amides is 1. The lowest BCUT2D eigenvalue weighted by Gasteiger charge is -2.33. The molecule has 0 aliphatic carbocycles. The molecule has 1 aliphatic rings. The van der Waals surface area contributed by atoms with Gasteiger partial charge in [0.2, 0.25) is 5.91 Å². The highest BCUT2D eigenvalue weighted by Crippen LogP contribution is 2.26. The van der Waals surface area contributed by atoms with Crippen LogP contribution >= 0.6 is 22.9 Å². The molecule has 2 heterocycles. The van der Waals surface area contributed by atoms with Crippen LogP contribution in [0.15, 0.2) is 29.6 Å². The summed E-state index contributed by atoms with van der Waals surface area (Å²) in [5.74, 6) is 0.195. The summed E-state index contributed by atoms with van der Waals surface area (Å²) in [4.78, 5) is 19.0. The minimum Gasteiger partial charge on any atom is -0.340 e. The van der Waals surface area contributed by atoms with E-state index in [1.165, 1.54) is 6.42 Å². The Hall–Kier alpha value is -1.39. The van der Waals surface area contributed by atoms with Crippen molar-refractivity contribution in [3.05, 3.63) is 40.4 Å². The van der Waals surface area contributed by atoms with Crippen LogP contribution in [0.1, 0.15) is 31.9 Å². The summed E-state index contributed by atoms with van der Waals surface area (Å²) in [7, 11) is 0. The molecule has 0 bridgehead atoms. The molecule has 5 heteroatoms. The van der Waals surface area contributed by atoms with Crippen LogP contribution in [0.2, 0.25) is 5.02 Å². The molecule has 3 nitrogen and oxygen atoms in total. The summed E-state index contributed by atoms with van der Waals surface area (Å²) in [5, 5.41) is 3.64. The van der Waals surface area contributed by atoms with Crippen molar-refractivity contribution in [1.82, 2.24) is 9.88 Å². The maximum Gasteiger partial charge on any atom is 0.228 e. The number of nitrogens with zero attached hydrogens (tertiary/aromatic N) is 2. The van der Waals surface area contributed by atoms with Gasteiger partial charge in [0.15, 0.2) is 0 Å². The summed E-state index contributed by atoms with van der Waals surface area (Å²) < 4.78 is 0. The number of likely N-dealkylation sites (tertiary alicyclic amines) is 1. The third-order valence-corrected chi connectivity index (χ3v) is 5.29. The Morgan fingerprint density at radius 3 is 2.86 bits per heavy atom. The second-order valence-corrected chi connectivity index (χ2v) is 7.05. The number of halogens is 1. The number of thiazole rings is 1. The first-order valence-electron chi connectivity index (χ1n) is 7.63. The van der Waals surface area contributed by atoms with E-state index >= 15 is 0 Å². The third-order valence-electron chi connectivity index (χ3n) is 4.10. The van der Waals surface area contributed by atoms with Crippen LogP contribution in [0.5, 0.6) is 0 Å². The predicted octanol–water partition coefficient (Wildman–Crippen LogP) is 4.41.